The van der Waals surface area contributed by atoms with Crippen LogP contribution in [0.3, 0.4) is 0 Å². The van der Waals surface area contributed by atoms with Gasteiger partial charge < -0.3 is 0 Å². The Morgan fingerprint density at radius 1 is 0.941 bits per heavy atom. The van der Waals surface area contributed by atoms with Gasteiger partial charge in [0.25, 0.3) is 0 Å². The van der Waals surface area contributed by atoms with E-state index in [1.54, 1.807) is 41.4 Å². The van der Waals surface area contributed by atoms with Crippen molar-refractivity contribution in [1.29, 1.82) is 0 Å². The van der Waals surface area contributed by atoms with Gasteiger partial charge in [-0.1, -0.05) is 6.92 Å². The van der Waals surface area contributed by atoms with E-state index in [0.717, 1.165) is 6.42 Å². The van der Waals surface area contributed by atoms with Crippen LogP contribution in [0.25, 0.3) is 17.2 Å². The zero-order chi connectivity index (χ0) is 24.0. The Bertz CT molecular complexity index is 1290. The first-order valence-corrected chi connectivity index (χ1v) is 14.1. The number of rotatable bonds is 3. The summed E-state index contributed by atoms with van der Waals surface area (Å²) in [5, 5.41) is 0. The van der Waals surface area contributed by atoms with Crippen molar-refractivity contribution in [3.8, 4) is 11.1 Å². The van der Waals surface area contributed by atoms with Gasteiger partial charge in [-0.05, 0) is 42.1 Å². The Kier molecular flexibility index (Phi) is 6.41. The summed E-state index contributed by atoms with van der Waals surface area (Å²) in [5.41, 5.74) is 16.3. The zero-order valence-corrected chi connectivity index (χ0v) is 23.6. The maximum atomic E-state index is 4.40. The van der Waals surface area contributed by atoms with Crippen LogP contribution in [-0.2, 0) is 30.1 Å². The molecule has 0 N–H and O–H groups in total. The third-order valence-electron chi connectivity index (χ3n) is 7.64. The molecule has 1 nitrogen and oxygen atoms in total. The fourth-order valence-electron chi connectivity index (χ4n) is 5.71. The quantitative estimate of drug-likeness (QED) is 0.381. The normalized spacial score (nSPS) is 19.7. The minimum absolute atomic E-state index is 0.213. The van der Waals surface area contributed by atoms with Crippen molar-refractivity contribution in [3.63, 3.8) is 0 Å². The van der Waals surface area contributed by atoms with Gasteiger partial charge in [0.2, 0.25) is 0 Å². The number of fused-ring (bicyclic) bond motifs is 4. The predicted molar refractivity (Wildman–Crippen MR) is 142 cm³/mol. The van der Waals surface area contributed by atoms with E-state index >= 15 is 0 Å². The summed E-state index contributed by atoms with van der Waals surface area (Å²) in [4.78, 5) is 4.40. The molecule has 1 aliphatic heterocycles. The fraction of sp³-hybridized carbons (Fsp3) is 0.344. The molecule has 0 saturated heterocycles. The first kappa shape index (κ1) is 23.7. The number of benzene rings is 2. The molecule has 1 atom stereocenters. The van der Waals surface area contributed by atoms with Gasteiger partial charge in [-0.25, -0.2) is 0 Å². The van der Waals surface area contributed by atoms with Gasteiger partial charge in [-0.2, -0.15) is 0 Å². The second-order valence-electron chi connectivity index (χ2n) is 10.6. The van der Waals surface area contributed by atoms with Crippen LogP contribution in [0, 0.1) is 0 Å². The summed E-state index contributed by atoms with van der Waals surface area (Å²) in [7, 11) is 0. The van der Waals surface area contributed by atoms with Gasteiger partial charge in [0.15, 0.2) is 0 Å². The summed E-state index contributed by atoms with van der Waals surface area (Å²) in [5.74, 6) is 0. The van der Waals surface area contributed by atoms with E-state index in [-0.39, 0.29) is 5.41 Å². The SMILES string of the molecule is CCC1=C2CCC1=C1C=CN=C12.CCC1=Cc2c(-c3ccc(C(C)(C)C)cc3)cccc2[CH]1[Zr]. The van der Waals surface area contributed by atoms with Gasteiger partial charge in [-0.3, -0.25) is 4.99 Å². The van der Waals surface area contributed by atoms with Crippen LogP contribution in [0.2, 0.25) is 0 Å². The molecular weight excluding hydrogens is 490 g/mol. The van der Waals surface area contributed by atoms with E-state index in [2.05, 4.69) is 94.2 Å². The van der Waals surface area contributed by atoms with Crippen molar-refractivity contribution < 1.29 is 24.7 Å². The van der Waals surface area contributed by atoms with Crippen LogP contribution in [0.5, 0.6) is 0 Å². The van der Waals surface area contributed by atoms with Crippen molar-refractivity contribution >= 4 is 11.8 Å². The van der Waals surface area contributed by atoms with Crippen LogP contribution in [-0.4, -0.2) is 5.71 Å². The molecule has 4 aliphatic rings. The molecule has 6 rings (SSSR count). The van der Waals surface area contributed by atoms with E-state index < -0.39 is 0 Å². The second-order valence-corrected chi connectivity index (χ2v) is 12.1. The van der Waals surface area contributed by atoms with Gasteiger partial charge in [0.1, 0.15) is 0 Å². The average Bonchev–Trinajstić information content (AvgIpc) is 3.59. The second kappa shape index (κ2) is 9.20. The maximum absolute atomic E-state index is 4.40. The van der Waals surface area contributed by atoms with Crippen LogP contribution in [0.15, 0.2) is 87.6 Å². The van der Waals surface area contributed by atoms with Crippen LogP contribution in [0.1, 0.15) is 80.6 Å². The van der Waals surface area contributed by atoms with Crippen LogP contribution >= 0.6 is 0 Å². The molecule has 1 heterocycles. The first-order chi connectivity index (χ1) is 16.3. The van der Waals surface area contributed by atoms with E-state index in [1.165, 1.54) is 63.9 Å². The van der Waals surface area contributed by atoms with E-state index in [1.807, 2.05) is 6.20 Å². The van der Waals surface area contributed by atoms with Gasteiger partial charge in [-0.15, -0.1) is 0 Å². The van der Waals surface area contributed by atoms with Gasteiger partial charge in [0, 0.05) is 11.8 Å². The topological polar surface area (TPSA) is 12.4 Å². The third-order valence-corrected chi connectivity index (χ3v) is 9.32. The Morgan fingerprint density at radius 2 is 1.68 bits per heavy atom. The molecule has 0 spiro atoms. The summed E-state index contributed by atoms with van der Waals surface area (Å²) in [6, 6.07) is 15.9. The van der Waals surface area contributed by atoms with Crippen molar-refractivity contribution in [3.05, 3.63) is 99.3 Å². The molecule has 2 heteroatoms. The molecule has 0 fully saturated rings. The summed E-state index contributed by atoms with van der Waals surface area (Å²) >= 11 is 1.60. The van der Waals surface area contributed by atoms with Crippen molar-refractivity contribution in [2.45, 2.75) is 69.3 Å². The molecule has 2 aromatic carbocycles. The molecule has 171 valence electrons. The summed E-state index contributed by atoms with van der Waals surface area (Å²) in [6.07, 6.45) is 11.4. The number of hydrogen-bond acceptors (Lipinski definition) is 1. The molecule has 0 amide bonds. The molecule has 2 bridgehead atoms. The van der Waals surface area contributed by atoms with Crippen LogP contribution in [0.4, 0.5) is 0 Å². The Hall–Kier alpha value is -2.05. The van der Waals surface area contributed by atoms with Gasteiger partial charge >= 0.3 is 150 Å². The van der Waals surface area contributed by atoms with Crippen LogP contribution < -0.4 is 0 Å². The first-order valence-electron chi connectivity index (χ1n) is 12.7. The number of aliphatic imine (C=N–C) groups is 1. The van der Waals surface area contributed by atoms with Crippen molar-refractivity contribution in [1.82, 2.24) is 0 Å². The van der Waals surface area contributed by atoms with Crippen molar-refractivity contribution in [2.75, 3.05) is 0 Å². The van der Waals surface area contributed by atoms with E-state index in [0.29, 0.717) is 3.63 Å². The average molecular weight is 524 g/mol. The van der Waals surface area contributed by atoms with E-state index in [4.69, 9.17) is 0 Å². The number of allylic oxidation sites excluding steroid dienone is 6. The minimum atomic E-state index is 0.213. The third kappa shape index (κ3) is 4.03. The zero-order valence-electron chi connectivity index (χ0n) is 21.1. The molecule has 0 radical (unpaired) electrons. The number of nitrogens with zero attached hydrogens (tertiary/aromatic N) is 1. The Labute approximate surface area is 220 Å². The standard InChI is InChI=1S/C21H23.C11H11N.Zr/c1-5-15-13-17-7-6-8-19(20(17)14-15)16-9-11-18(12-10-16)21(2,3)4;1-2-7-8-3-4-9(7)11-10(8)5-6-12-11;/h6-14H,5H2,1-4H3;5-6H,2-4H2,1H3;. The molecule has 1 unspecified atom stereocenters. The molecule has 3 aliphatic carbocycles. The van der Waals surface area contributed by atoms with E-state index in [9.17, 15) is 0 Å². The summed E-state index contributed by atoms with van der Waals surface area (Å²) in [6.45, 7) is 11.3. The summed E-state index contributed by atoms with van der Waals surface area (Å²) < 4.78 is 0.654. The predicted octanol–water partition coefficient (Wildman–Crippen LogP) is 8.81. The molecular formula is C32H34NZr. The fourth-order valence-corrected chi connectivity index (χ4v) is 7.04. The molecule has 0 aromatic heterocycles. The monoisotopic (exact) mass is 522 g/mol. The Morgan fingerprint density at radius 3 is 2.32 bits per heavy atom. The number of hydrogen-bond donors (Lipinski definition) is 0. The van der Waals surface area contributed by atoms with Gasteiger partial charge in [0.05, 0.1) is 5.71 Å². The molecule has 34 heavy (non-hydrogen) atoms. The molecule has 0 saturated carbocycles. The molecule has 2 aromatic rings. The Balaban J connectivity index is 0.000000167. The van der Waals surface area contributed by atoms with Crippen molar-refractivity contribution in [2.24, 2.45) is 4.99 Å².